The third kappa shape index (κ3) is 1.20. The molecular formula is C8H6FNO4. The number of halogens is 1. The molecule has 14 heavy (non-hydrogen) atoms. The Hall–Kier alpha value is -1.69. The van der Waals surface area contributed by atoms with Crippen molar-refractivity contribution in [3.8, 4) is 5.75 Å². The van der Waals surface area contributed by atoms with Crippen molar-refractivity contribution in [1.82, 2.24) is 0 Å². The van der Waals surface area contributed by atoms with Crippen LogP contribution >= 0.6 is 0 Å². The van der Waals surface area contributed by atoms with Gasteiger partial charge in [0.15, 0.2) is 0 Å². The number of hydrogen-bond donors (Lipinski definition) is 1. The lowest BCUT2D eigenvalue weighted by Gasteiger charge is -2.02. The summed E-state index contributed by atoms with van der Waals surface area (Å²) < 4.78 is 17.8. The first-order valence-electron chi connectivity index (χ1n) is 3.90. The Morgan fingerprint density at radius 1 is 1.64 bits per heavy atom. The number of ether oxygens (including phenoxy) is 1. The van der Waals surface area contributed by atoms with Crippen molar-refractivity contribution in [2.45, 2.75) is 12.7 Å². The molecule has 0 amide bonds. The van der Waals surface area contributed by atoms with Gasteiger partial charge in [-0.3, -0.25) is 10.1 Å². The third-order valence-corrected chi connectivity index (χ3v) is 1.99. The van der Waals surface area contributed by atoms with E-state index < -0.39 is 22.7 Å². The minimum absolute atomic E-state index is 0.149. The number of fused-ring (bicyclic) bond motifs is 1. The largest absolute Gasteiger partial charge is 0.457 e. The molecule has 0 fully saturated rings. The van der Waals surface area contributed by atoms with Crippen molar-refractivity contribution < 1.29 is 19.2 Å². The first kappa shape index (κ1) is 8.89. The van der Waals surface area contributed by atoms with Gasteiger partial charge in [-0.2, -0.15) is 4.39 Å². The van der Waals surface area contributed by atoms with Crippen molar-refractivity contribution in [2.75, 3.05) is 0 Å². The predicted molar refractivity (Wildman–Crippen MR) is 43.4 cm³/mol. The summed E-state index contributed by atoms with van der Waals surface area (Å²) in [6, 6.07) is 2.37. The summed E-state index contributed by atoms with van der Waals surface area (Å²) in [6.45, 7) is 0. The van der Waals surface area contributed by atoms with E-state index in [-0.39, 0.29) is 12.2 Å². The molecule has 74 valence electrons. The van der Waals surface area contributed by atoms with Crippen molar-refractivity contribution >= 4 is 5.69 Å². The van der Waals surface area contributed by atoms with Crippen LogP contribution in [0, 0.1) is 15.9 Å². The summed E-state index contributed by atoms with van der Waals surface area (Å²) in [5, 5.41) is 19.6. The normalized spacial score (nSPS) is 18.9. The Balaban J connectivity index is 2.60. The summed E-state index contributed by atoms with van der Waals surface area (Å²) in [4.78, 5) is 9.64. The van der Waals surface area contributed by atoms with E-state index in [1.54, 1.807) is 0 Å². The zero-order valence-electron chi connectivity index (χ0n) is 6.94. The number of rotatable bonds is 1. The third-order valence-electron chi connectivity index (χ3n) is 1.99. The van der Waals surface area contributed by atoms with E-state index in [1.165, 1.54) is 6.07 Å². The number of aliphatic hydroxyl groups is 1. The fraction of sp³-hybridized carbons (Fsp3) is 0.250. The van der Waals surface area contributed by atoms with Crippen LogP contribution in [0.15, 0.2) is 12.1 Å². The molecule has 0 aliphatic carbocycles. The van der Waals surface area contributed by atoms with Gasteiger partial charge in [-0.05, 0) is 6.07 Å². The lowest BCUT2D eigenvalue weighted by atomic mass is 10.1. The molecule has 1 aromatic carbocycles. The van der Waals surface area contributed by atoms with E-state index in [0.29, 0.717) is 5.56 Å². The van der Waals surface area contributed by atoms with Crippen LogP contribution in [0.4, 0.5) is 10.1 Å². The topological polar surface area (TPSA) is 72.6 Å². The highest BCUT2D eigenvalue weighted by molar-refractivity contribution is 5.54. The van der Waals surface area contributed by atoms with Crippen LogP contribution in [0.25, 0.3) is 0 Å². The van der Waals surface area contributed by atoms with Crippen LogP contribution in [0.3, 0.4) is 0 Å². The zero-order chi connectivity index (χ0) is 10.3. The molecule has 0 aromatic heterocycles. The number of nitro benzene ring substituents is 1. The second kappa shape index (κ2) is 2.91. The lowest BCUT2D eigenvalue weighted by molar-refractivity contribution is -0.388. The summed E-state index contributed by atoms with van der Waals surface area (Å²) >= 11 is 0. The quantitative estimate of drug-likeness (QED) is 0.540. The van der Waals surface area contributed by atoms with Gasteiger partial charge in [0, 0.05) is 12.0 Å². The molecule has 0 saturated heterocycles. The van der Waals surface area contributed by atoms with Crippen LogP contribution in [-0.4, -0.2) is 16.3 Å². The molecule has 1 N–H and O–H groups in total. The number of hydrogen-bond acceptors (Lipinski definition) is 4. The Morgan fingerprint density at radius 2 is 2.36 bits per heavy atom. The van der Waals surface area contributed by atoms with Crippen LogP contribution in [0.2, 0.25) is 0 Å². The SMILES string of the molecule is O=[N+]([O-])c1c(F)ccc2c1OC(O)C2. The Morgan fingerprint density at radius 3 is 3.00 bits per heavy atom. The fourth-order valence-electron chi connectivity index (χ4n) is 1.42. The van der Waals surface area contributed by atoms with Gasteiger partial charge in [-0.15, -0.1) is 0 Å². The van der Waals surface area contributed by atoms with E-state index in [2.05, 4.69) is 0 Å². The maximum Gasteiger partial charge on any atom is 0.346 e. The van der Waals surface area contributed by atoms with Gasteiger partial charge >= 0.3 is 5.69 Å². The van der Waals surface area contributed by atoms with Crippen LogP contribution in [-0.2, 0) is 6.42 Å². The van der Waals surface area contributed by atoms with Crippen LogP contribution < -0.4 is 4.74 Å². The Labute approximate surface area is 77.9 Å². The summed E-state index contributed by atoms with van der Waals surface area (Å²) in [5.41, 5.74) is -0.260. The van der Waals surface area contributed by atoms with Crippen molar-refractivity contribution in [1.29, 1.82) is 0 Å². The molecule has 1 aliphatic rings. The Kier molecular flexibility index (Phi) is 1.85. The molecule has 5 nitrogen and oxygen atoms in total. The molecule has 1 aromatic rings. The molecule has 0 bridgehead atoms. The molecular weight excluding hydrogens is 193 g/mol. The molecule has 1 aliphatic heterocycles. The monoisotopic (exact) mass is 199 g/mol. The van der Waals surface area contributed by atoms with Gasteiger partial charge in [0.05, 0.1) is 4.92 Å². The molecule has 0 saturated carbocycles. The highest BCUT2D eigenvalue weighted by atomic mass is 19.1. The summed E-state index contributed by atoms with van der Waals surface area (Å²) in [6.07, 6.45) is -0.971. The summed E-state index contributed by atoms with van der Waals surface area (Å²) in [7, 11) is 0. The van der Waals surface area contributed by atoms with Crippen LogP contribution in [0.1, 0.15) is 5.56 Å². The molecule has 6 heteroatoms. The lowest BCUT2D eigenvalue weighted by Crippen LogP contribution is -2.10. The fourth-order valence-corrected chi connectivity index (χ4v) is 1.42. The number of benzene rings is 1. The zero-order valence-corrected chi connectivity index (χ0v) is 6.94. The highest BCUT2D eigenvalue weighted by Gasteiger charge is 2.32. The van der Waals surface area contributed by atoms with E-state index in [9.17, 15) is 14.5 Å². The molecule has 2 rings (SSSR count). The minimum atomic E-state index is -1.12. The summed E-state index contributed by atoms with van der Waals surface area (Å²) in [5.74, 6) is -1.12. The van der Waals surface area contributed by atoms with E-state index in [1.807, 2.05) is 0 Å². The smallest absolute Gasteiger partial charge is 0.346 e. The van der Waals surface area contributed by atoms with E-state index in [0.717, 1.165) is 6.07 Å². The average Bonchev–Trinajstić information content (AvgIpc) is 2.43. The second-order valence-corrected chi connectivity index (χ2v) is 2.92. The van der Waals surface area contributed by atoms with Crippen LogP contribution in [0.5, 0.6) is 5.75 Å². The maximum atomic E-state index is 13.0. The molecule has 1 atom stereocenters. The number of nitrogens with zero attached hydrogens (tertiary/aromatic N) is 1. The first-order valence-corrected chi connectivity index (χ1v) is 3.90. The highest BCUT2D eigenvalue weighted by Crippen LogP contribution is 2.38. The van der Waals surface area contributed by atoms with Gasteiger partial charge in [0.1, 0.15) is 0 Å². The predicted octanol–water partition coefficient (Wildman–Crippen LogP) is 0.987. The minimum Gasteiger partial charge on any atom is -0.457 e. The molecule has 0 spiro atoms. The van der Waals surface area contributed by atoms with E-state index in [4.69, 9.17) is 9.84 Å². The Bertz CT molecular complexity index is 407. The van der Waals surface area contributed by atoms with Gasteiger partial charge < -0.3 is 9.84 Å². The average molecular weight is 199 g/mol. The van der Waals surface area contributed by atoms with Crippen molar-refractivity contribution in [2.24, 2.45) is 0 Å². The van der Waals surface area contributed by atoms with Gasteiger partial charge in [-0.25, -0.2) is 0 Å². The van der Waals surface area contributed by atoms with Gasteiger partial charge in [0.25, 0.3) is 0 Å². The van der Waals surface area contributed by atoms with Gasteiger partial charge in [-0.1, -0.05) is 6.07 Å². The van der Waals surface area contributed by atoms with Gasteiger partial charge in [0.2, 0.25) is 17.9 Å². The second-order valence-electron chi connectivity index (χ2n) is 2.92. The first-order chi connectivity index (χ1) is 6.59. The number of aliphatic hydroxyl groups excluding tert-OH is 1. The molecule has 1 unspecified atom stereocenters. The van der Waals surface area contributed by atoms with Crippen molar-refractivity contribution in [3.05, 3.63) is 33.6 Å². The molecule has 0 radical (unpaired) electrons. The standard InChI is InChI=1S/C8H6FNO4/c9-5-2-1-4-3-6(11)14-8(4)7(5)10(12)13/h1-2,6,11H,3H2. The van der Waals surface area contributed by atoms with E-state index >= 15 is 0 Å². The van der Waals surface area contributed by atoms with Crippen molar-refractivity contribution in [3.63, 3.8) is 0 Å². The molecule has 1 heterocycles. The maximum absolute atomic E-state index is 13.0. The number of nitro groups is 1.